The van der Waals surface area contributed by atoms with Gasteiger partial charge in [-0.05, 0) is 57.2 Å². The largest absolute Gasteiger partial charge is 0.493 e. The predicted octanol–water partition coefficient (Wildman–Crippen LogP) is 3.83. The molecular formula is C20H23NO6. The molecule has 144 valence electrons. The summed E-state index contributed by atoms with van der Waals surface area (Å²) in [5.41, 5.74) is 0.217. The zero-order valence-corrected chi connectivity index (χ0v) is 16.0. The molecule has 0 spiro atoms. The standard InChI is InChI=1S/C20H23NO6/c1-20(2,3)27-14-8-6-12(7-9-14)18(22)21-15-10-13(19(23)24)11-16(25-4)17(15)26-5/h6-11H,1-5H3,(H,21,22)(H,23,24). The molecule has 0 heterocycles. The zero-order chi connectivity index (χ0) is 20.2. The van der Waals surface area contributed by atoms with Crippen molar-refractivity contribution in [1.29, 1.82) is 0 Å². The fourth-order valence-corrected chi connectivity index (χ4v) is 2.40. The number of methoxy groups -OCH3 is 2. The van der Waals surface area contributed by atoms with Gasteiger partial charge in [-0.3, -0.25) is 4.79 Å². The van der Waals surface area contributed by atoms with E-state index >= 15 is 0 Å². The van der Waals surface area contributed by atoms with Crippen molar-refractivity contribution in [2.75, 3.05) is 19.5 Å². The number of anilines is 1. The van der Waals surface area contributed by atoms with Gasteiger partial charge >= 0.3 is 5.97 Å². The summed E-state index contributed by atoms with van der Waals surface area (Å²) < 4.78 is 16.2. The van der Waals surface area contributed by atoms with Gasteiger partial charge in [-0.15, -0.1) is 0 Å². The third-order valence-corrected chi connectivity index (χ3v) is 3.51. The molecule has 0 radical (unpaired) electrons. The van der Waals surface area contributed by atoms with Gasteiger partial charge in [-0.2, -0.15) is 0 Å². The summed E-state index contributed by atoms with van der Waals surface area (Å²) in [7, 11) is 2.80. The number of nitrogens with one attached hydrogen (secondary N) is 1. The average Bonchev–Trinajstić information content (AvgIpc) is 2.60. The van der Waals surface area contributed by atoms with Crippen LogP contribution in [0.4, 0.5) is 5.69 Å². The lowest BCUT2D eigenvalue weighted by Crippen LogP contribution is -2.23. The van der Waals surface area contributed by atoms with Crippen LogP contribution in [0, 0.1) is 0 Å². The maximum absolute atomic E-state index is 12.6. The second kappa shape index (κ2) is 7.99. The second-order valence-corrected chi connectivity index (χ2v) is 6.76. The highest BCUT2D eigenvalue weighted by Crippen LogP contribution is 2.37. The summed E-state index contributed by atoms with van der Waals surface area (Å²) in [5, 5.41) is 11.9. The van der Waals surface area contributed by atoms with Crippen LogP contribution in [0.3, 0.4) is 0 Å². The molecule has 2 N–H and O–H groups in total. The van der Waals surface area contributed by atoms with E-state index in [4.69, 9.17) is 14.2 Å². The quantitative estimate of drug-likeness (QED) is 0.799. The van der Waals surface area contributed by atoms with Crippen molar-refractivity contribution in [2.24, 2.45) is 0 Å². The van der Waals surface area contributed by atoms with Crippen LogP contribution in [0.15, 0.2) is 36.4 Å². The Hall–Kier alpha value is -3.22. The number of benzene rings is 2. The fourth-order valence-electron chi connectivity index (χ4n) is 2.40. The van der Waals surface area contributed by atoms with E-state index in [-0.39, 0.29) is 28.4 Å². The third-order valence-electron chi connectivity index (χ3n) is 3.51. The number of carbonyl (C=O) groups is 2. The highest BCUT2D eigenvalue weighted by Gasteiger charge is 2.18. The van der Waals surface area contributed by atoms with Gasteiger partial charge in [0.05, 0.1) is 25.5 Å². The molecule has 0 aromatic heterocycles. The van der Waals surface area contributed by atoms with Crippen molar-refractivity contribution in [3.05, 3.63) is 47.5 Å². The number of carbonyl (C=O) groups excluding carboxylic acids is 1. The topological polar surface area (TPSA) is 94.1 Å². The number of aromatic carboxylic acids is 1. The molecule has 7 heteroatoms. The fraction of sp³-hybridized carbons (Fsp3) is 0.300. The van der Waals surface area contributed by atoms with Crippen molar-refractivity contribution in [3.8, 4) is 17.2 Å². The normalized spacial score (nSPS) is 10.9. The van der Waals surface area contributed by atoms with Crippen molar-refractivity contribution in [2.45, 2.75) is 26.4 Å². The van der Waals surface area contributed by atoms with E-state index in [1.807, 2.05) is 20.8 Å². The Morgan fingerprint density at radius 2 is 1.59 bits per heavy atom. The minimum Gasteiger partial charge on any atom is -0.493 e. The van der Waals surface area contributed by atoms with Crippen LogP contribution in [0.2, 0.25) is 0 Å². The van der Waals surface area contributed by atoms with Gasteiger partial charge in [0.15, 0.2) is 11.5 Å². The molecule has 0 aliphatic rings. The summed E-state index contributed by atoms with van der Waals surface area (Å²) in [4.78, 5) is 23.9. The van der Waals surface area contributed by atoms with Crippen LogP contribution in [0.25, 0.3) is 0 Å². The van der Waals surface area contributed by atoms with Crippen molar-refractivity contribution in [3.63, 3.8) is 0 Å². The molecule has 0 unspecified atom stereocenters. The van der Waals surface area contributed by atoms with Gasteiger partial charge in [0.1, 0.15) is 11.4 Å². The van der Waals surface area contributed by atoms with Gasteiger partial charge in [0.2, 0.25) is 0 Å². The van der Waals surface area contributed by atoms with Crippen molar-refractivity contribution < 1.29 is 28.9 Å². The highest BCUT2D eigenvalue weighted by atomic mass is 16.5. The number of carboxylic acid groups (broad SMARTS) is 1. The van der Waals surface area contributed by atoms with Gasteiger partial charge in [0, 0.05) is 5.56 Å². The highest BCUT2D eigenvalue weighted by molar-refractivity contribution is 6.06. The number of carboxylic acids is 1. The number of hydrogen-bond donors (Lipinski definition) is 2. The zero-order valence-electron chi connectivity index (χ0n) is 16.0. The summed E-state index contributed by atoms with van der Waals surface area (Å²) >= 11 is 0. The Labute approximate surface area is 157 Å². The maximum Gasteiger partial charge on any atom is 0.335 e. The van der Waals surface area contributed by atoms with Crippen LogP contribution in [0.1, 0.15) is 41.5 Å². The molecule has 1 amide bonds. The molecular weight excluding hydrogens is 350 g/mol. The monoisotopic (exact) mass is 373 g/mol. The van der Waals surface area contributed by atoms with Crippen LogP contribution in [0.5, 0.6) is 17.2 Å². The smallest absolute Gasteiger partial charge is 0.335 e. The molecule has 0 atom stereocenters. The number of hydrogen-bond acceptors (Lipinski definition) is 5. The number of ether oxygens (including phenoxy) is 3. The Morgan fingerprint density at radius 3 is 2.07 bits per heavy atom. The molecule has 27 heavy (non-hydrogen) atoms. The van der Waals surface area contributed by atoms with Gasteiger partial charge in [-0.25, -0.2) is 4.79 Å². The van der Waals surface area contributed by atoms with Gasteiger partial charge in [0.25, 0.3) is 5.91 Å². The molecule has 2 rings (SSSR count). The van der Waals surface area contributed by atoms with E-state index in [0.29, 0.717) is 11.3 Å². The van der Waals surface area contributed by atoms with Crippen molar-refractivity contribution in [1.82, 2.24) is 0 Å². The van der Waals surface area contributed by atoms with E-state index in [1.54, 1.807) is 24.3 Å². The first kappa shape index (κ1) is 20.1. The lowest BCUT2D eigenvalue weighted by Gasteiger charge is -2.21. The molecule has 7 nitrogen and oxygen atoms in total. The van der Waals surface area contributed by atoms with Crippen molar-refractivity contribution >= 4 is 17.6 Å². The Kier molecular flexibility index (Phi) is 5.95. The molecule has 0 saturated heterocycles. The van der Waals surface area contributed by atoms with E-state index in [9.17, 15) is 14.7 Å². The second-order valence-electron chi connectivity index (χ2n) is 6.76. The summed E-state index contributed by atoms with van der Waals surface area (Å²) in [6, 6.07) is 9.30. The summed E-state index contributed by atoms with van der Waals surface area (Å²) in [6.45, 7) is 5.80. The Bertz CT molecular complexity index is 837. The first-order chi connectivity index (χ1) is 12.6. The third kappa shape index (κ3) is 5.13. The molecule has 0 aliphatic carbocycles. The SMILES string of the molecule is COc1cc(C(=O)O)cc(NC(=O)c2ccc(OC(C)(C)C)cc2)c1OC. The number of rotatable bonds is 6. The lowest BCUT2D eigenvalue weighted by molar-refractivity contribution is 0.0696. The molecule has 2 aromatic carbocycles. The van der Waals surface area contributed by atoms with Crippen LogP contribution < -0.4 is 19.5 Å². The predicted molar refractivity (Wildman–Crippen MR) is 101 cm³/mol. The first-order valence-electron chi connectivity index (χ1n) is 8.24. The van der Waals surface area contributed by atoms with Crippen LogP contribution >= 0.6 is 0 Å². The maximum atomic E-state index is 12.6. The number of amides is 1. The summed E-state index contributed by atoms with van der Waals surface area (Å²) in [5.74, 6) is -0.466. The van der Waals surface area contributed by atoms with E-state index in [2.05, 4.69) is 5.32 Å². The van der Waals surface area contributed by atoms with Crippen LogP contribution in [-0.4, -0.2) is 36.8 Å². The Balaban J connectivity index is 2.29. The van der Waals surface area contributed by atoms with Crippen LogP contribution in [-0.2, 0) is 0 Å². The van der Waals surface area contributed by atoms with E-state index < -0.39 is 11.9 Å². The minimum absolute atomic E-state index is 0.0307. The minimum atomic E-state index is -1.14. The lowest BCUT2D eigenvalue weighted by atomic mass is 10.1. The van der Waals surface area contributed by atoms with Gasteiger partial charge in [-0.1, -0.05) is 0 Å². The molecule has 0 fully saturated rings. The van der Waals surface area contributed by atoms with E-state index in [1.165, 1.54) is 26.4 Å². The Morgan fingerprint density at radius 1 is 0.963 bits per heavy atom. The molecule has 0 bridgehead atoms. The molecule has 2 aromatic rings. The average molecular weight is 373 g/mol. The molecule has 0 saturated carbocycles. The summed E-state index contributed by atoms with van der Waals surface area (Å²) in [6.07, 6.45) is 0. The first-order valence-corrected chi connectivity index (χ1v) is 8.24. The molecule has 0 aliphatic heterocycles. The van der Waals surface area contributed by atoms with Gasteiger partial charge < -0.3 is 24.6 Å². The van der Waals surface area contributed by atoms with E-state index in [0.717, 1.165) is 0 Å².